The fourth-order valence-electron chi connectivity index (χ4n) is 3.54. The van der Waals surface area contributed by atoms with Crippen LogP contribution in [0.15, 0.2) is 54.4 Å². The van der Waals surface area contributed by atoms with Gasteiger partial charge in [0.05, 0.1) is 19.3 Å². The highest BCUT2D eigenvalue weighted by Crippen LogP contribution is 2.46. The van der Waals surface area contributed by atoms with Crippen LogP contribution in [0.4, 0.5) is 0 Å². The van der Waals surface area contributed by atoms with E-state index in [1.54, 1.807) is 50.3 Å². The molecule has 12 nitrogen and oxygen atoms in total. The molecule has 3 rings (SSSR count). The second-order valence-electron chi connectivity index (χ2n) is 8.72. The maximum Gasteiger partial charge on any atom is 0.459 e. The maximum atomic E-state index is 13.6. The molecule has 0 radical (unpaired) electrons. The number of aliphatic hydroxyl groups excluding tert-OH is 1. The number of nitrogens with one attached hydrogen (secondary N) is 1. The molecule has 1 saturated heterocycles. The van der Waals surface area contributed by atoms with Gasteiger partial charge in [0.25, 0.3) is 0 Å². The van der Waals surface area contributed by atoms with Gasteiger partial charge in [0.2, 0.25) is 5.91 Å². The van der Waals surface area contributed by atoms with Crippen LogP contribution in [0, 0.1) is 0 Å². The molecule has 1 unspecified atom stereocenters. The van der Waals surface area contributed by atoms with Crippen molar-refractivity contribution in [3.8, 4) is 5.75 Å². The van der Waals surface area contributed by atoms with Crippen LogP contribution in [-0.2, 0) is 28.2 Å². The summed E-state index contributed by atoms with van der Waals surface area (Å²) in [5.74, 6) is -1.10. The zero-order valence-corrected chi connectivity index (χ0v) is 21.2. The molecule has 1 fully saturated rings. The molecular formula is C23H32N3O9P. The second kappa shape index (κ2) is 11.5. The van der Waals surface area contributed by atoms with E-state index in [0.717, 1.165) is 0 Å². The standard InChI is InChI=1S/C23H32N3O9P/c1-15(2)34-22(29)16(3)25-36(31,35-18-9-5-4-6-10-18)33-13-19-20(27)23(30,14-32-19)26-11-7-8-17(12-26)21(24)28/h4-7,9-12,15-16,19-20,27,30H,8,13-14H2,1-3H3,(H2,24,28)(H,25,31)/t16-,19+,20+,23+,36?/m0/s1. The summed E-state index contributed by atoms with van der Waals surface area (Å²) < 4.78 is 35.4. The molecule has 0 saturated carbocycles. The van der Waals surface area contributed by atoms with E-state index in [0.29, 0.717) is 0 Å². The number of allylic oxidation sites excluding steroid dienone is 1. The molecule has 0 aliphatic carbocycles. The normalized spacial score (nSPS) is 26.3. The van der Waals surface area contributed by atoms with Crippen molar-refractivity contribution in [2.75, 3.05) is 13.2 Å². The van der Waals surface area contributed by atoms with Gasteiger partial charge in [-0.1, -0.05) is 24.3 Å². The minimum atomic E-state index is -4.19. The molecule has 2 aliphatic rings. The van der Waals surface area contributed by atoms with Gasteiger partial charge in [-0.2, -0.15) is 5.09 Å². The lowest BCUT2D eigenvalue weighted by molar-refractivity contribution is -0.149. The van der Waals surface area contributed by atoms with Gasteiger partial charge in [-0.15, -0.1) is 0 Å². The second-order valence-corrected chi connectivity index (χ2v) is 10.4. The van der Waals surface area contributed by atoms with Crippen LogP contribution < -0.4 is 15.3 Å². The number of ether oxygens (including phenoxy) is 2. The Morgan fingerprint density at radius 3 is 2.64 bits per heavy atom. The van der Waals surface area contributed by atoms with Crippen LogP contribution in [0.2, 0.25) is 0 Å². The average Bonchev–Trinajstić information content (AvgIpc) is 3.12. The number of esters is 1. The van der Waals surface area contributed by atoms with Gasteiger partial charge in [0.1, 0.15) is 24.0 Å². The minimum absolute atomic E-state index is 0.213. The third-order valence-corrected chi connectivity index (χ3v) is 7.08. The summed E-state index contributed by atoms with van der Waals surface area (Å²) in [7, 11) is -4.19. The summed E-state index contributed by atoms with van der Waals surface area (Å²) in [4.78, 5) is 25.0. The number of primary amides is 1. The number of nitrogens with two attached hydrogens (primary N) is 1. The number of hydrogen-bond acceptors (Lipinski definition) is 10. The lowest BCUT2D eigenvalue weighted by Crippen LogP contribution is -2.54. The molecule has 1 aromatic carbocycles. The third-order valence-electron chi connectivity index (χ3n) is 5.43. The predicted molar refractivity (Wildman–Crippen MR) is 128 cm³/mol. The number of carbonyl (C=O) groups is 2. The molecule has 2 heterocycles. The molecule has 5 atom stereocenters. The number of nitrogens with zero attached hydrogens (tertiary/aromatic N) is 1. The SMILES string of the molecule is CC(C)OC(=O)[C@H](C)NP(=O)(OC[C@H]1OC[C@](O)(N2C=CCC(C(N)=O)=C2)[C@@H]1O)Oc1ccccc1. The van der Waals surface area contributed by atoms with Gasteiger partial charge in [-0.05, 0) is 39.3 Å². The molecule has 0 spiro atoms. The van der Waals surface area contributed by atoms with Crippen LogP contribution in [0.1, 0.15) is 27.2 Å². The highest BCUT2D eigenvalue weighted by molar-refractivity contribution is 7.52. The molecule has 0 bridgehead atoms. The molecular weight excluding hydrogens is 493 g/mol. The fourth-order valence-corrected chi connectivity index (χ4v) is 5.04. The Balaban J connectivity index is 1.72. The Hall–Kier alpha value is -2.73. The molecule has 198 valence electrons. The van der Waals surface area contributed by atoms with Gasteiger partial charge in [-0.3, -0.25) is 14.1 Å². The smallest absolute Gasteiger partial charge is 0.459 e. The minimum Gasteiger partial charge on any atom is -0.462 e. The van der Waals surface area contributed by atoms with Crippen LogP contribution in [0.5, 0.6) is 5.75 Å². The van der Waals surface area contributed by atoms with Crippen molar-refractivity contribution in [3.63, 3.8) is 0 Å². The average molecular weight is 525 g/mol. The molecule has 2 aliphatic heterocycles. The number of hydrogen-bond donors (Lipinski definition) is 4. The van der Waals surface area contributed by atoms with Crippen molar-refractivity contribution >= 4 is 19.6 Å². The van der Waals surface area contributed by atoms with E-state index < -0.39 is 50.2 Å². The van der Waals surface area contributed by atoms with Crippen molar-refractivity contribution in [1.29, 1.82) is 0 Å². The van der Waals surface area contributed by atoms with E-state index in [1.165, 1.54) is 24.2 Å². The fraction of sp³-hybridized carbons (Fsp3) is 0.478. The lowest BCUT2D eigenvalue weighted by Gasteiger charge is -2.37. The molecule has 13 heteroatoms. The van der Waals surface area contributed by atoms with Gasteiger partial charge < -0.3 is 34.8 Å². The van der Waals surface area contributed by atoms with Crippen molar-refractivity contribution in [2.24, 2.45) is 5.73 Å². The van der Waals surface area contributed by atoms with Crippen molar-refractivity contribution in [1.82, 2.24) is 9.99 Å². The monoisotopic (exact) mass is 525 g/mol. The quantitative estimate of drug-likeness (QED) is 0.241. The van der Waals surface area contributed by atoms with E-state index >= 15 is 0 Å². The topological polar surface area (TPSA) is 170 Å². The summed E-state index contributed by atoms with van der Waals surface area (Å²) in [6, 6.07) is 7.13. The molecule has 1 aromatic rings. The van der Waals surface area contributed by atoms with E-state index in [9.17, 15) is 24.4 Å². The first-order valence-electron chi connectivity index (χ1n) is 11.4. The van der Waals surface area contributed by atoms with Crippen LogP contribution >= 0.6 is 7.75 Å². The maximum absolute atomic E-state index is 13.6. The van der Waals surface area contributed by atoms with Gasteiger partial charge in [0, 0.05) is 18.0 Å². The third kappa shape index (κ3) is 6.73. The summed E-state index contributed by atoms with van der Waals surface area (Å²) in [5.41, 5.74) is 3.64. The highest BCUT2D eigenvalue weighted by atomic mass is 31.2. The Morgan fingerprint density at radius 2 is 2.00 bits per heavy atom. The van der Waals surface area contributed by atoms with Gasteiger partial charge >= 0.3 is 13.7 Å². The molecule has 36 heavy (non-hydrogen) atoms. The number of benzene rings is 1. The summed E-state index contributed by atoms with van der Waals surface area (Å²) in [6.07, 6.45) is 1.69. The largest absolute Gasteiger partial charge is 0.462 e. The molecule has 1 amide bonds. The van der Waals surface area contributed by atoms with E-state index in [2.05, 4.69) is 5.09 Å². The lowest BCUT2D eigenvalue weighted by atomic mass is 10.0. The van der Waals surface area contributed by atoms with Gasteiger partial charge in [0.15, 0.2) is 5.72 Å². The zero-order chi connectivity index (χ0) is 26.5. The van der Waals surface area contributed by atoms with E-state index in [-0.39, 0.29) is 30.5 Å². The number of para-hydroxylation sites is 1. The first kappa shape index (κ1) is 27.9. The van der Waals surface area contributed by atoms with Crippen molar-refractivity contribution in [2.45, 2.75) is 57.3 Å². The molecule has 5 N–H and O–H groups in total. The number of carbonyl (C=O) groups excluding carboxylic acids is 2. The summed E-state index contributed by atoms with van der Waals surface area (Å²) in [6.45, 7) is 4.00. The summed E-state index contributed by atoms with van der Waals surface area (Å²) >= 11 is 0. The van der Waals surface area contributed by atoms with Crippen LogP contribution in [-0.4, -0.2) is 70.3 Å². The Bertz CT molecular complexity index is 1050. The first-order valence-corrected chi connectivity index (χ1v) is 12.9. The Labute approximate surface area is 209 Å². The van der Waals surface area contributed by atoms with Crippen molar-refractivity contribution < 1.29 is 42.9 Å². The zero-order valence-electron chi connectivity index (χ0n) is 20.3. The van der Waals surface area contributed by atoms with Crippen LogP contribution in [0.25, 0.3) is 0 Å². The highest BCUT2D eigenvalue weighted by Gasteiger charge is 2.52. The molecule has 0 aromatic heterocycles. The van der Waals surface area contributed by atoms with Crippen molar-refractivity contribution in [3.05, 3.63) is 54.4 Å². The first-order chi connectivity index (χ1) is 16.9. The van der Waals surface area contributed by atoms with Crippen LogP contribution in [0.3, 0.4) is 0 Å². The predicted octanol–water partition coefficient (Wildman–Crippen LogP) is 1.16. The van der Waals surface area contributed by atoms with E-state index in [1.807, 2.05) is 0 Å². The number of amides is 1. The van der Waals surface area contributed by atoms with E-state index in [4.69, 9.17) is 24.3 Å². The Morgan fingerprint density at radius 1 is 1.31 bits per heavy atom. The van der Waals surface area contributed by atoms with Gasteiger partial charge in [-0.25, -0.2) is 4.57 Å². The Kier molecular flexibility index (Phi) is 8.93. The number of rotatable bonds is 11. The number of aliphatic hydroxyl groups is 2. The summed E-state index contributed by atoms with van der Waals surface area (Å²) in [5, 5.41) is 24.5.